The normalized spacial score (nSPS) is 13.2. The largest absolute Gasteiger partial charge is 0.466 e. The zero-order valence-corrected chi connectivity index (χ0v) is 46.0. The molecule has 1 N–H and O–H groups in total. The number of hydrogen-bond donors (Lipinski definition) is 1. The molecule has 1 unspecified atom stereocenters. The molecule has 0 saturated heterocycles. The van der Waals surface area contributed by atoms with Crippen molar-refractivity contribution in [3.63, 3.8) is 0 Å². The number of allylic oxidation sites excluding steroid dienone is 12. The van der Waals surface area contributed by atoms with Crippen molar-refractivity contribution in [3.8, 4) is 0 Å². The summed E-state index contributed by atoms with van der Waals surface area (Å²) in [7, 11) is 3.96. The van der Waals surface area contributed by atoms with Gasteiger partial charge in [0, 0.05) is 19.6 Å². The number of ether oxygens (including phenoxy) is 2. The van der Waals surface area contributed by atoms with Gasteiger partial charge in [-0.15, -0.1) is 0 Å². The maximum absolute atomic E-state index is 12.6. The SMILES string of the molecule is CCCCC/C=C/C/C=C/CCCCCCCCOC(CCOC(=O)CCN(C)C)C(O)(CCCCCCCC/C=C/C/C=C/CCCCC)CCCCCCCC/C=C/C/C=C/CCCCC. The van der Waals surface area contributed by atoms with Gasteiger partial charge in [0.05, 0.1) is 24.7 Å². The lowest BCUT2D eigenvalue weighted by Crippen LogP contribution is -2.45. The number of carbonyl (C=O) groups is 1. The molecule has 0 rings (SSSR count). The standard InChI is InChI=1S/C63H115NO4/c1-6-9-12-15-18-21-24-27-30-33-36-39-42-45-48-51-56-63(66,57-52-49-46-43-40-37-34-31-28-25-22-19-16-13-10-7-2)61(55-60-68-62(65)54-58-64(4)5)67-59-53-50-47-44-41-38-35-32-29-26-23-20-17-14-11-8-3/h18-23,27-32,61,66H,6-17,24-26,33-60H2,1-5H3/b21-18+,22-19+,23-20+,30-27+,31-28+,32-29+. The summed E-state index contributed by atoms with van der Waals surface area (Å²) < 4.78 is 12.4. The maximum atomic E-state index is 12.6. The molecular formula is C63H115NO4. The molecule has 0 bridgehead atoms. The molecule has 0 amide bonds. The minimum atomic E-state index is -0.904. The number of nitrogens with zero attached hydrogens (tertiary/aromatic N) is 1. The molecule has 0 aromatic heterocycles. The Morgan fingerprint density at radius 2 is 0.765 bits per heavy atom. The van der Waals surface area contributed by atoms with Crippen molar-refractivity contribution in [2.45, 2.75) is 289 Å². The van der Waals surface area contributed by atoms with Crippen LogP contribution in [0.5, 0.6) is 0 Å². The monoisotopic (exact) mass is 950 g/mol. The van der Waals surface area contributed by atoms with Gasteiger partial charge in [0.1, 0.15) is 0 Å². The molecule has 0 saturated carbocycles. The Kier molecular flexibility index (Phi) is 52.4. The molecule has 0 radical (unpaired) electrons. The number of carbonyl (C=O) groups excluding carboxylic acids is 1. The van der Waals surface area contributed by atoms with Crippen molar-refractivity contribution in [2.75, 3.05) is 33.9 Å². The van der Waals surface area contributed by atoms with E-state index in [4.69, 9.17) is 9.47 Å². The fourth-order valence-corrected chi connectivity index (χ4v) is 8.78. The van der Waals surface area contributed by atoms with Crippen LogP contribution < -0.4 is 0 Å². The highest BCUT2D eigenvalue weighted by Crippen LogP contribution is 2.31. The first-order chi connectivity index (χ1) is 33.4. The number of hydrogen-bond acceptors (Lipinski definition) is 5. The third-order valence-electron chi connectivity index (χ3n) is 13.3. The van der Waals surface area contributed by atoms with Gasteiger partial charge in [0.2, 0.25) is 0 Å². The Balaban J connectivity index is 5.13. The van der Waals surface area contributed by atoms with E-state index >= 15 is 0 Å². The van der Waals surface area contributed by atoms with Gasteiger partial charge in [0.25, 0.3) is 0 Å². The third-order valence-corrected chi connectivity index (χ3v) is 13.3. The van der Waals surface area contributed by atoms with E-state index in [-0.39, 0.29) is 12.1 Å². The van der Waals surface area contributed by atoms with Crippen molar-refractivity contribution >= 4 is 5.97 Å². The Morgan fingerprint density at radius 1 is 0.441 bits per heavy atom. The zero-order valence-electron chi connectivity index (χ0n) is 46.0. The van der Waals surface area contributed by atoms with E-state index in [1.165, 1.54) is 173 Å². The molecule has 0 aliphatic rings. The van der Waals surface area contributed by atoms with Crippen LogP contribution >= 0.6 is 0 Å². The van der Waals surface area contributed by atoms with E-state index in [2.05, 4.69) is 93.7 Å². The lowest BCUT2D eigenvalue weighted by Gasteiger charge is -2.37. The fourth-order valence-electron chi connectivity index (χ4n) is 8.78. The van der Waals surface area contributed by atoms with Crippen LogP contribution in [0.1, 0.15) is 278 Å². The molecule has 0 aromatic carbocycles. The molecule has 68 heavy (non-hydrogen) atoms. The van der Waals surface area contributed by atoms with Gasteiger partial charge in [-0.25, -0.2) is 0 Å². The summed E-state index contributed by atoms with van der Waals surface area (Å²) in [4.78, 5) is 14.6. The number of esters is 1. The van der Waals surface area contributed by atoms with Crippen molar-refractivity contribution in [1.82, 2.24) is 4.90 Å². The van der Waals surface area contributed by atoms with E-state index in [0.29, 0.717) is 32.6 Å². The van der Waals surface area contributed by atoms with Gasteiger partial charge in [-0.05, 0) is 130 Å². The van der Waals surface area contributed by atoms with Crippen LogP contribution in [-0.4, -0.2) is 61.5 Å². The summed E-state index contributed by atoms with van der Waals surface area (Å²) >= 11 is 0. The van der Waals surface area contributed by atoms with Gasteiger partial charge in [-0.2, -0.15) is 0 Å². The van der Waals surface area contributed by atoms with Gasteiger partial charge in [0.15, 0.2) is 0 Å². The average Bonchev–Trinajstić information content (AvgIpc) is 3.33. The molecule has 0 aliphatic carbocycles. The van der Waals surface area contributed by atoms with Crippen LogP contribution in [0, 0.1) is 0 Å². The third kappa shape index (κ3) is 48.8. The summed E-state index contributed by atoms with van der Waals surface area (Å²) in [6, 6.07) is 0. The molecule has 0 heterocycles. The Labute approximate surface area is 424 Å². The minimum absolute atomic E-state index is 0.165. The van der Waals surface area contributed by atoms with Crippen molar-refractivity contribution in [2.24, 2.45) is 0 Å². The first-order valence-electron chi connectivity index (χ1n) is 29.4. The Morgan fingerprint density at radius 3 is 1.12 bits per heavy atom. The first-order valence-corrected chi connectivity index (χ1v) is 29.4. The van der Waals surface area contributed by atoms with Crippen LogP contribution in [0.4, 0.5) is 0 Å². The quantitative estimate of drug-likeness (QED) is 0.0374. The van der Waals surface area contributed by atoms with E-state index in [1.54, 1.807) is 0 Å². The number of rotatable bonds is 53. The van der Waals surface area contributed by atoms with Gasteiger partial charge >= 0.3 is 5.97 Å². The van der Waals surface area contributed by atoms with E-state index in [9.17, 15) is 9.90 Å². The van der Waals surface area contributed by atoms with E-state index < -0.39 is 5.60 Å². The second-order valence-corrected chi connectivity index (χ2v) is 20.3. The smallest absolute Gasteiger partial charge is 0.307 e. The van der Waals surface area contributed by atoms with Crippen molar-refractivity contribution in [3.05, 3.63) is 72.9 Å². The predicted molar refractivity (Wildman–Crippen MR) is 301 cm³/mol. The topological polar surface area (TPSA) is 59.0 Å². The minimum Gasteiger partial charge on any atom is -0.466 e. The zero-order chi connectivity index (χ0) is 49.5. The van der Waals surface area contributed by atoms with Crippen LogP contribution in [0.3, 0.4) is 0 Å². The molecule has 1 atom stereocenters. The molecule has 396 valence electrons. The highest BCUT2D eigenvalue weighted by molar-refractivity contribution is 5.69. The first kappa shape index (κ1) is 65.8. The molecule has 5 heteroatoms. The fraction of sp³-hybridized carbons (Fsp3) is 0.794. The highest BCUT2D eigenvalue weighted by atomic mass is 16.5. The maximum Gasteiger partial charge on any atom is 0.307 e. The Bertz CT molecular complexity index is 1170. The predicted octanol–water partition coefficient (Wildman–Crippen LogP) is 19.2. The number of aliphatic hydroxyl groups is 1. The molecular weight excluding hydrogens is 835 g/mol. The molecule has 0 aliphatic heterocycles. The lowest BCUT2D eigenvalue weighted by atomic mass is 9.83. The molecule has 0 spiro atoms. The van der Waals surface area contributed by atoms with Crippen molar-refractivity contribution < 1.29 is 19.4 Å². The van der Waals surface area contributed by atoms with Crippen molar-refractivity contribution in [1.29, 1.82) is 0 Å². The summed E-state index contributed by atoms with van der Waals surface area (Å²) in [6.45, 7) is 8.42. The second-order valence-electron chi connectivity index (χ2n) is 20.3. The second kappa shape index (κ2) is 54.1. The van der Waals surface area contributed by atoms with Crippen LogP contribution in [0.15, 0.2) is 72.9 Å². The van der Waals surface area contributed by atoms with Crippen LogP contribution in [-0.2, 0) is 14.3 Å². The summed E-state index contributed by atoms with van der Waals surface area (Å²) in [5, 5.41) is 12.6. The summed E-state index contributed by atoms with van der Waals surface area (Å²) in [6.07, 6.45) is 73.8. The number of unbranched alkanes of at least 4 members (excludes halogenated alkanes) is 27. The Hall–Kier alpha value is -2.21. The van der Waals surface area contributed by atoms with Gasteiger partial charge < -0.3 is 19.5 Å². The molecule has 0 aromatic rings. The van der Waals surface area contributed by atoms with Gasteiger partial charge in [-0.3, -0.25) is 4.79 Å². The lowest BCUT2D eigenvalue weighted by molar-refractivity contribution is -0.150. The van der Waals surface area contributed by atoms with E-state index in [0.717, 1.165) is 70.6 Å². The molecule has 5 nitrogen and oxygen atoms in total. The average molecular weight is 951 g/mol. The highest BCUT2D eigenvalue weighted by Gasteiger charge is 2.36. The van der Waals surface area contributed by atoms with Crippen LogP contribution in [0.2, 0.25) is 0 Å². The van der Waals surface area contributed by atoms with E-state index in [1.807, 2.05) is 19.0 Å². The summed E-state index contributed by atoms with van der Waals surface area (Å²) in [5.74, 6) is -0.165. The van der Waals surface area contributed by atoms with Gasteiger partial charge in [-0.1, -0.05) is 222 Å². The van der Waals surface area contributed by atoms with Crippen LogP contribution in [0.25, 0.3) is 0 Å². The summed E-state index contributed by atoms with van der Waals surface area (Å²) in [5.41, 5.74) is -0.904. The molecule has 0 fully saturated rings.